The highest BCUT2D eigenvalue weighted by molar-refractivity contribution is 9.10. The number of rotatable bonds is 4. The molecule has 0 saturated heterocycles. The first-order chi connectivity index (χ1) is 8.20. The van der Waals surface area contributed by atoms with Gasteiger partial charge in [0.25, 0.3) is 0 Å². The van der Waals surface area contributed by atoms with E-state index >= 15 is 0 Å². The third-order valence-corrected chi connectivity index (χ3v) is 3.51. The minimum atomic E-state index is 0.590. The molecule has 1 aromatic carbocycles. The summed E-state index contributed by atoms with van der Waals surface area (Å²) < 4.78 is 6.28. The Morgan fingerprint density at radius 1 is 1.47 bits per heavy atom. The Balaban J connectivity index is 2.21. The van der Waals surface area contributed by atoms with E-state index in [1.54, 1.807) is 6.26 Å². The molecule has 2 aromatic rings. The van der Waals surface area contributed by atoms with Crippen molar-refractivity contribution in [2.45, 2.75) is 13.5 Å². The van der Waals surface area contributed by atoms with Crippen LogP contribution in [-0.2, 0) is 6.54 Å². The number of hydrogen-bond donors (Lipinski definition) is 1. The summed E-state index contributed by atoms with van der Waals surface area (Å²) in [7, 11) is 0. The number of nitrogens with zero attached hydrogens (tertiary/aromatic N) is 1. The lowest BCUT2D eigenvalue weighted by atomic mass is 10.2. The molecule has 0 aliphatic rings. The highest BCUT2D eigenvalue weighted by Crippen LogP contribution is 2.28. The molecule has 0 spiro atoms. The van der Waals surface area contributed by atoms with Crippen LogP contribution in [0.4, 0.5) is 0 Å². The van der Waals surface area contributed by atoms with Crippen molar-refractivity contribution in [3.63, 3.8) is 0 Å². The maximum absolute atomic E-state index is 6.03. The van der Waals surface area contributed by atoms with Crippen LogP contribution < -0.4 is 5.32 Å². The molecule has 2 rings (SSSR count). The highest BCUT2D eigenvalue weighted by atomic mass is 79.9. The van der Waals surface area contributed by atoms with E-state index in [0.29, 0.717) is 17.5 Å². The van der Waals surface area contributed by atoms with E-state index in [0.717, 1.165) is 22.3 Å². The topological polar surface area (TPSA) is 38.1 Å². The summed E-state index contributed by atoms with van der Waals surface area (Å²) in [6.45, 7) is 3.67. The van der Waals surface area contributed by atoms with E-state index in [-0.39, 0.29) is 0 Å². The minimum absolute atomic E-state index is 0.590. The van der Waals surface area contributed by atoms with Crippen molar-refractivity contribution in [2.75, 3.05) is 6.54 Å². The summed E-state index contributed by atoms with van der Waals surface area (Å²) in [5.41, 5.74) is 1.77. The number of benzene rings is 1. The molecule has 0 aliphatic heterocycles. The van der Waals surface area contributed by atoms with Crippen LogP contribution in [0.15, 0.2) is 33.4 Å². The van der Waals surface area contributed by atoms with Crippen molar-refractivity contribution >= 4 is 27.5 Å². The van der Waals surface area contributed by atoms with Crippen molar-refractivity contribution in [2.24, 2.45) is 0 Å². The van der Waals surface area contributed by atoms with Gasteiger partial charge in [-0.15, -0.1) is 0 Å². The molecular formula is C12H12BrClN2O. The first-order valence-corrected chi connectivity index (χ1v) is 6.48. The van der Waals surface area contributed by atoms with Gasteiger partial charge in [-0.1, -0.05) is 18.5 Å². The number of halogens is 2. The zero-order chi connectivity index (χ0) is 12.3. The van der Waals surface area contributed by atoms with Crippen molar-refractivity contribution in [3.8, 4) is 11.5 Å². The number of nitrogens with one attached hydrogen (secondary N) is 1. The SMILES string of the molecule is CCNCc1coc(-c2ccc(Br)c(Cl)c2)n1. The summed E-state index contributed by atoms with van der Waals surface area (Å²) in [5, 5.41) is 3.84. The maximum Gasteiger partial charge on any atom is 0.226 e. The Hall–Kier alpha value is -0.840. The maximum atomic E-state index is 6.03. The molecule has 0 aliphatic carbocycles. The van der Waals surface area contributed by atoms with Crippen molar-refractivity contribution < 1.29 is 4.42 Å². The van der Waals surface area contributed by atoms with Gasteiger partial charge in [0.2, 0.25) is 5.89 Å². The predicted octanol–water partition coefficient (Wildman–Crippen LogP) is 3.87. The van der Waals surface area contributed by atoms with Gasteiger partial charge in [-0.3, -0.25) is 0 Å². The average Bonchev–Trinajstić information content (AvgIpc) is 2.79. The molecule has 17 heavy (non-hydrogen) atoms. The van der Waals surface area contributed by atoms with Crippen LogP contribution in [0.2, 0.25) is 5.02 Å². The number of oxazole rings is 1. The molecule has 1 N–H and O–H groups in total. The van der Waals surface area contributed by atoms with E-state index in [4.69, 9.17) is 16.0 Å². The van der Waals surface area contributed by atoms with Crippen LogP contribution in [0.5, 0.6) is 0 Å². The Bertz CT molecular complexity index is 513. The van der Waals surface area contributed by atoms with Crippen LogP contribution >= 0.6 is 27.5 Å². The Kier molecular flexibility index (Phi) is 4.20. The Morgan fingerprint density at radius 2 is 2.29 bits per heavy atom. The van der Waals surface area contributed by atoms with Gasteiger partial charge < -0.3 is 9.73 Å². The number of aromatic nitrogens is 1. The van der Waals surface area contributed by atoms with Gasteiger partial charge in [-0.05, 0) is 40.7 Å². The van der Waals surface area contributed by atoms with Gasteiger partial charge >= 0.3 is 0 Å². The normalized spacial score (nSPS) is 10.8. The Labute approximate surface area is 113 Å². The van der Waals surface area contributed by atoms with Crippen LogP contribution in [0.3, 0.4) is 0 Å². The molecule has 90 valence electrons. The molecule has 0 saturated carbocycles. The summed E-state index contributed by atoms with van der Waals surface area (Å²) in [6, 6.07) is 5.62. The second-order valence-electron chi connectivity index (χ2n) is 3.55. The van der Waals surface area contributed by atoms with Crippen LogP contribution in [0.25, 0.3) is 11.5 Å². The second kappa shape index (κ2) is 5.67. The van der Waals surface area contributed by atoms with E-state index < -0.39 is 0 Å². The van der Waals surface area contributed by atoms with E-state index in [9.17, 15) is 0 Å². The smallest absolute Gasteiger partial charge is 0.226 e. The van der Waals surface area contributed by atoms with Gasteiger partial charge in [-0.25, -0.2) is 4.98 Å². The van der Waals surface area contributed by atoms with Crippen LogP contribution in [-0.4, -0.2) is 11.5 Å². The Morgan fingerprint density at radius 3 is 3.00 bits per heavy atom. The minimum Gasteiger partial charge on any atom is -0.444 e. The van der Waals surface area contributed by atoms with Crippen LogP contribution in [0.1, 0.15) is 12.6 Å². The largest absolute Gasteiger partial charge is 0.444 e. The lowest BCUT2D eigenvalue weighted by molar-refractivity contribution is 0.570. The van der Waals surface area contributed by atoms with E-state index in [2.05, 4.69) is 33.2 Å². The van der Waals surface area contributed by atoms with Crippen molar-refractivity contribution in [3.05, 3.63) is 39.7 Å². The fourth-order valence-electron chi connectivity index (χ4n) is 1.40. The zero-order valence-corrected chi connectivity index (χ0v) is 11.7. The molecule has 0 bridgehead atoms. The summed E-state index contributed by atoms with van der Waals surface area (Å²) in [6.07, 6.45) is 1.66. The monoisotopic (exact) mass is 314 g/mol. The third-order valence-electron chi connectivity index (χ3n) is 2.27. The van der Waals surface area contributed by atoms with E-state index in [1.165, 1.54) is 0 Å². The van der Waals surface area contributed by atoms with Crippen LogP contribution in [0, 0.1) is 0 Å². The molecule has 0 atom stereocenters. The molecule has 0 amide bonds. The first kappa shape index (κ1) is 12.6. The number of hydrogen-bond acceptors (Lipinski definition) is 3. The summed E-state index contributed by atoms with van der Waals surface area (Å²) in [4.78, 5) is 4.39. The third kappa shape index (κ3) is 3.09. The molecule has 3 nitrogen and oxygen atoms in total. The predicted molar refractivity (Wildman–Crippen MR) is 72.0 cm³/mol. The van der Waals surface area contributed by atoms with Crippen molar-refractivity contribution in [1.29, 1.82) is 0 Å². The lowest BCUT2D eigenvalue weighted by Gasteiger charge is -1.98. The second-order valence-corrected chi connectivity index (χ2v) is 4.81. The fraction of sp³-hybridized carbons (Fsp3) is 0.250. The van der Waals surface area contributed by atoms with Gasteiger partial charge in [0.15, 0.2) is 0 Å². The van der Waals surface area contributed by atoms with Crippen molar-refractivity contribution in [1.82, 2.24) is 10.3 Å². The molecule has 0 fully saturated rings. The van der Waals surface area contributed by atoms with Gasteiger partial charge in [0, 0.05) is 16.6 Å². The lowest BCUT2D eigenvalue weighted by Crippen LogP contribution is -2.11. The molecular weight excluding hydrogens is 304 g/mol. The highest BCUT2D eigenvalue weighted by Gasteiger charge is 2.08. The standard InChI is InChI=1S/C12H12BrClN2O/c1-2-15-6-9-7-17-12(16-9)8-3-4-10(13)11(14)5-8/h3-5,7,15H,2,6H2,1H3. The summed E-state index contributed by atoms with van der Waals surface area (Å²) >= 11 is 9.37. The molecule has 1 heterocycles. The van der Waals surface area contributed by atoms with E-state index in [1.807, 2.05) is 18.2 Å². The first-order valence-electron chi connectivity index (χ1n) is 5.31. The molecule has 5 heteroatoms. The van der Waals surface area contributed by atoms with Gasteiger partial charge in [0.1, 0.15) is 6.26 Å². The summed E-state index contributed by atoms with van der Waals surface area (Å²) in [5.74, 6) is 0.590. The zero-order valence-electron chi connectivity index (χ0n) is 9.34. The van der Waals surface area contributed by atoms with Gasteiger partial charge in [0.05, 0.1) is 10.7 Å². The molecule has 0 radical (unpaired) electrons. The quantitative estimate of drug-likeness (QED) is 0.931. The average molecular weight is 316 g/mol. The fourth-order valence-corrected chi connectivity index (χ4v) is 1.83. The molecule has 0 unspecified atom stereocenters. The van der Waals surface area contributed by atoms with Gasteiger partial charge in [-0.2, -0.15) is 0 Å². The molecule has 1 aromatic heterocycles.